The highest BCUT2D eigenvalue weighted by molar-refractivity contribution is 7.89. The minimum Gasteiger partial charge on any atom is -0.399 e. The topological polar surface area (TPSA) is 92.4 Å². The Morgan fingerprint density at radius 3 is 2.56 bits per heavy atom. The molecule has 1 rings (SSSR count). The quantitative estimate of drug-likeness (QED) is 0.670. The predicted molar refractivity (Wildman–Crippen MR) is 71.7 cm³/mol. The van der Waals surface area contributed by atoms with Crippen LogP contribution in [0, 0.1) is 0 Å². The number of rotatable bonds is 6. The van der Waals surface area contributed by atoms with E-state index < -0.39 is 16.1 Å². The summed E-state index contributed by atoms with van der Waals surface area (Å²) in [7, 11) is -3.64. The number of benzene rings is 1. The van der Waals surface area contributed by atoms with Gasteiger partial charge in [0.05, 0.1) is 11.5 Å². The second-order valence-corrected chi connectivity index (χ2v) is 5.81. The fourth-order valence-corrected chi connectivity index (χ4v) is 3.30. The molecule has 5 nitrogen and oxygen atoms in total. The molecule has 18 heavy (non-hydrogen) atoms. The van der Waals surface area contributed by atoms with Gasteiger partial charge in [0.2, 0.25) is 10.0 Å². The Balaban J connectivity index is 3.15. The fourth-order valence-electron chi connectivity index (χ4n) is 1.65. The van der Waals surface area contributed by atoms with Gasteiger partial charge >= 0.3 is 0 Å². The van der Waals surface area contributed by atoms with Crippen molar-refractivity contribution in [3.8, 4) is 0 Å². The SMILES string of the molecule is CCc1ccc(N)cc1S(=O)(=O)N[C@@H](CC)CO. The normalized spacial score (nSPS) is 13.5. The Morgan fingerprint density at radius 1 is 1.39 bits per heavy atom. The van der Waals surface area contributed by atoms with Crippen LogP contribution in [0.5, 0.6) is 0 Å². The molecule has 4 N–H and O–H groups in total. The molecule has 6 heteroatoms. The lowest BCUT2D eigenvalue weighted by atomic mass is 10.1. The van der Waals surface area contributed by atoms with E-state index in [2.05, 4.69) is 4.72 Å². The summed E-state index contributed by atoms with van der Waals surface area (Å²) in [4.78, 5) is 0.192. The second-order valence-electron chi connectivity index (χ2n) is 4.13. The Kier molecular flexibility index (Phi) is 5.13. The summed E-state index contributed by atoms with van der Waals surface area (Å²) in [6.45, 7) is 3.47. The highest BCUT2D eigenvalue weighted by atomic mass is 32.2. The summed E-state index contributed by atoms with van der Waals surface area (Å²) in [5, 5.41) is 9.07. The Morgan fingerprint density at radius 2 is 2.06 bits per heavy atom. The molecule has 0 saturated heterocycles. The lowest BCUT2D eigenvalue weighted by Crippen LogP contribution is -2.37. The first-order valence-corrected chi connectivity index (χ1v) is 7.44. The molecular weight excluding hydrogens is 252 g/mol. The number of aryl methyl sites for hydroxylation is 1. The summed E-state index contributed by atoms with van der Waals surface area (Å²) in [5.41, 5.74) is 6.75. The third kappa shape index (κ3) is 3.44. The zero-order valence-electron chi connectivity index (χ0n) is 10.7. The average Bonchev–Trinajstić information content (AvgIpc) is 2.36. The summed E-state index contributed by atoms with van der Waals surface area (Å²) < 4.78 is 26.9. The maximum Gasteiger partial charge on any atom is 0.241 e. The average molecular weight is 272 g/mol. The molecular formula is C12H20N2O3S. The lowest BCUT2D eigenvalue weighted by Gasteiger charge is -2.16. The fraction of sp³-hybridized carbons (Fsp3) is 0.500. The van der Waals surface area contributed by atoms with Crippen molar-refractivity contribution in [1.29, 1.82) is 0 Å². The van der Waals surface area contributed by atoms with Gasteiger partial charge in [0.25, 0.3) is 0 Å². The Hall–Kier alpha value is -1.11. The summed E-state index contributed by atoms with van der Waals surface area (Å²) >= 11 is 0. The maximum absolute atomic E-state index is 12.2. The minimum absolute atomic E-state index is 0.192. The minimum atomic E-state index is -3.64. The smallest absolute Gasteiger partial charge is 0.241 e. The van der Waals surface area contributed by atoms with Gasteiger partial charge in [-0.25, -0.2) is 13.1 Å². The van der Waals surface area contributed by atoms with Gasteiger partial charge in [-0.15, -0.1) is 0 Å². The van der Waals surface area contributed by atoms with Crippen molar-refractivity contribution < 1.29 is 13.5 Å². The van der Waals surface area contributed by atoms with Crippen LogP contribution in [0.25, 0.3) is 0 Å². The van der Waals surface area contributed by atoms with Crippen molar-refractivity contribution in [3.05, 3.63) is 23.8 Å². The van der Waals surface area contributed by atoms with Gasteiger partial charge in [-0.2, -0.15) is 0 Å². The molecule has 1 aromatic rings. The maximum atomic E-state index is 12.2. The van der Waals surface area contributed by atoms with Crippen molar-refractivity contribution in [1.82, 2.24) is 4.72 Å². The standard InChI is InChI=1S/C12H20N2O3S/c1-3-9-5-6-10(13)7-12(9)18(16,17)14-11(4-2)8-15/h5-7,11,14-15H,3-4,8,13H2,1-2H3/t11-/m0/s1. The van der Waals surface area contributed by atoms with Crippen LogP contribution in [0.2, 0.25) is 0 Å². The molecule has 0 amide bonds. The van der Waals surface area contributed by atoms with E-state index in [-0.39, 0.29) is 11.5 Å². The molecule has 0 unspecified atom stereocenters. The van der Waals surface area contributed by atoms with Crippen LogP contribution in [-0.2, 0) is 16.4 Å². The first-order chi connectivity index (χ1) is 8.44. The van der Waals surface area contributed by atoms with Crippen LogP contribution in [-0.4, -0.2) is 26.2 Å². The van der Waals surface area contributed by atoms with Crippen LogP contribution in [0.15, 0.2) is 23.1 Å². The Labute approximate surface area is 108 Å². The van der Waals surface area contributed by atoms with Crippen molar-refractivity contribution in [3.63, 3.8) is 0 Å². The molecule has 0 heterocycles. The molecule has 1 atom stereocenters. The molecule has 102 valence electrons. The first kappa shape index (κ1) is 14.9. The molecule has 0 aliphatic carbocycles. The number of nitrogens with one attached hydrogen (secondary N) is 1. The second kappa shape index (κ2) is 6.17. The van der Waals surface area contributed by atoms with Gasteiger partial charge in [0, 0.05) is 11.7 Å². The third-order valence-electron chi connectivity index (χ3n) is 2.80. The van der Waals surface area contributed by atoms with E-state index >= 15 is 0 Å². The monoisotopic (exact) mass is 272 g/mol. The molecule has 0 saturated carbocycles. The van der Waals surface area contributed by atoms with Crippen LogP contribution in [0.4, 0.5) is 5.69 Å². The van der Waals surface area contributed by atoms with Gasteiger partial charge in [-0.05, 0) is 30.5 Å². The molecule has 0 bridgehead atoms. The first-order valence-electron chi connectivity index (χ1n) is 5.96. The number of nitrogen functional groups attached to an aromatic ring is 1. The highest BCUT2D eigenvalue weighted by Gasteiger charge is 2.21. The van der Waals surface area contributed by atoms with Crippen molar-refractivity contribution >= 4 is 15.7 Å². The third-order valence-corrected chi connectivity index (χ3v) is 4.40. The van der Waals surface area contributed by atoms with Gasteiger partial charge in [-0.1, -0.05) is 19.9 Å². The van der Waals surface area contributed by atoms with E-state index in [0.29, 0.717) is 24.1 Å². The molecule has 0 aliphatic rings. The van der Waals surface area contributed by atoms with Crippen molar-refractivity contribution in [2.24, 2.45) is 0 Å². The number of nitrogens with two attached hydrogens (primary N) is 1. The van der Waals surface area contributed by atoms with Crippen LogP contribution < -0.4 is 10.5 Å². The molecule has 0 aromatic heterocycles. The van der Waals surface area contributed by atoms with Gasteiger partial charge in [0.1, 0.15) is 0 Å². The number of aliphatic hydroxyl groups excluding tert-OH is 1. The van der Waals surface area contributed by atoms with Crippen LogP contribution >= 0.6 is 0 Å². The highest BCUT2D eigenvalue weighted by Crippen LogP contribution is 2.20. The van der Waals surface area contributed by atoms with Gasteiger partial charge in [0.15, 0.2) is 0 Å². The van der Waals surface area contributed by atoms with E-state index in [0.717, 1.165) is 0 Å². The van der Waals surface area contributed by atoms with E-state index in [1.54, 1.807) is 12.1 Å². The molecule has 0 aliphatic heterocycles. The molecule has 0 spiro atoms. The van der Waals surface area contributed by atoms with E-state index in [4.69, 9.17) is 10.8 Å². The Bertz CT molecular complexity index is 496. The van der Waals surface area contributed by atoms with Crippen LogP contribution in [0.1, 0.15) is 25.8 Å². The molecule has 0 radical (unpaired) electrons. The van der Waals surface area contributed by atoms with E-state index in [1.165, 1.54) is 6.07 Å². The summed E-state index contributed by atoms with van der Waals surface area (Å²) in [6.07, 6.45) is 1.13. The van der Waals surface area contributed by atoms with Gasteiger partial charge in [-0.3, -0.25) is 0 Å². The van der Waals surface area contributed by atoms with Crippen molar-refractivity contribution in [2.45, 2.75) is 37.6 Å². The van der Waals surface area contributed by atoms with Crippen molar-refractivity contribution in [2.75, 3.05) is 12.3 Å². The van der Waals surface area contributed by atoms with Crippen LogP contribution in [0.3, 0.4) is 0 Å². The lowest BCUT2D eigenvalue weighted by molar-refractivity contribution is 0.254. The summed E-state index contributed by atoms with van der Waals surface area (Å²) in [6, 6.07) is 4.37. The van der Waals surface area contributed by atoms with E-state index in [1.807, 2.05) is 13.8 Å². The molecule has 1 aromatic carbocycles. The number of hydrogen-bond acceptors (Lipinski definition) is 4. The largest absolute Gasteiger partial charge is 0.399 e. The zero-order chi connectivity index (χ0) is 13.8. The number of aliphatic hydroxyl groups is 1. The predicted octanol–water partition coefficient (Wildman–Crippen LogP) is 0.880. The molecule has 0 fully saturated rings. The van der Waals surface area contributed by atoms with E-state index in [9.17, 15) is 8.42 Å². The van der Waals surface area contributed by atoms with Gasteiger partial charge < -0.3 is 10.8 Å². The number of hydrogen-bond donors (Lipinski definition) is 3. The summed E-state index contributed by atoms with van der Waals surface area (Å²) in [5.74, 6) is 0. The number of sulfonamides is 1. The zero-order valence-corrected chi connectivity index (χ0v) is 11.5. The number of anilines is 1.